The molecule has 38 heteroatoms. The number of aromatic nitrogens is 20. The summed E-state index contributed by atoms with van der Waals surface area (Å²) in [5.41, 5.74) is 14.1. The number of rotatable bonds is 24. The molecule has 0 amide bonds. The number of nitrogens with one attached hydrogen (secondary N) is 5. The second-order valence-electron chi connectivity index (χ2n) is 34.5. The van der Waals surface area contributed by atoms with Gasteiger partial charge in [0.15, 0.2) is 47.2 Å². The summed E-state index contributed by atoms with van der Waals surface area (Å²) in [5.74, 6) is 6.11. The first kappa shape index (κ1) is 95.7. The summed E-state index contributed by atoms with van der Waals surface area (Å²) in [6, 6.07) is 38.4. The Hall–Kier alpha value is -11.4. The number of aliphatic hydroxyl groups excluding tert-OH is 1. The monoisotopic (exact) mass is 2140 g/mol. The highest BCUT2D eigenvalue weighted by molar-refractivity contribution is 9.11. The fourth-order valence-electron chi connectivity index (χ4n) is 17.9. The molecule has 30 nitrogen and oxygen atoms in total. The van der Waals surface area contributed by atoms with Gasteiger partial charge in [-0.15, -0.1) is 0 Å². The van der Waals surface area contributed by atoms with E-state index < -0.39 is 18.4 Å². The zero-order chi connectivity index (χ0) is 93.2. The summed E-state index contributed by atoms with van der Waals surface area (Å²) in [7, 11) is 0. The normalized spacial score (nSPS) is 16.6. The summed E-state index contributed by atoms with van der Waals surface area (Å²) in [5, 5.41) is 81.0. The van der Waals surface area contributed by atoms with E-state index in [4.69, 9.17) is 19.9 Å². The zero-order valence-corrected chi connectivity index (χ0v) is 81.8. The fraction of sp³-hybridized carbons (Fsp3) is 0.365. The number of hydrogen-bond acceptors (Lipinski definition) is 23. The molecule has 15 heterocycles. The van der Waals surface area contributed by atoms with Gasteiger partial charge in [-0.3, -0.25) is 20.2 Å². The zero-order valence-electron chi connectivity index (χ0n) is 73.9. The van der Waals surface area contributed by atoms with E-state index in [2.05, 4.69) is 187 Å². The highest BCUT2D eigenvalue weighted by Gasteiger charge is 2.39. The van der Waals surface area contributed by atoms with Crippen LogP contribution in [0.15, 0.2) is 230 Å². The van der Waals surface area contributed by atoms with E-state index >= 15 is 0 Å². The topological polar surface area (TPSA) is 351 Å². The molecule has 4 aliphatic rings. The molecule has 0 aliphatic heterocycles. The molecule has 4 fully saturated rings. The third kappa shape index (κ3) is 24.4. The Kier molecular flexibility index (Phi) is 32.0. The highest BCUT2D eigenvalue weighted by atomic mass is 79.9. The lowest BCUT2D eigenvalue weighted by molar-refractivity contribution is -0.906. The number of ether oxygens (including phenoxy) is 1. The van der Waals surface area contributed by atoms with E-state index in [0.29, 0.717) is 65.7 Å². The molecule has 4 saturated carbocycles. The molecular weight excluding hydrogens is 2040 g/mol. The summed E-state index contributed by atoms with van der Waals surface area (Å²) in [6.07, 6.45) is 41.1. The molecule has 4 atom stereocenters. The molecule has 1 aromatic carbocycles. The summed E-state index contributed by atoms with van der Waals surface area (Å²) in [4.78, 5) is 36.7. The van der Waals surface area contributed by atoms with Crippen LogP contribution in [0.1, 0.15) is 204 Å². The Bertz CT molecular complexity index is 6580. The van der Waals surface area contributed by atoms with Crippen molar-refractivity contribution in [1.29, 1.82) is 0 Å². The number of anilines is 5. The van der Waals surface area contributed by atoms with Crippen LogP contribution in [-0.2, 0) is 32.7 Å². The first-order chi connectivity index (χ1) is 65.0. The molecule has 698 valence electrons. The Labute approximate surface area is 814 Å². The van der Waals surface area contributed by atoms with Gasteiger partial charge in [0.1, 0.15) is 29.1 Å². The predicted molar refractivity (Wildman–Crippen MR) is 523 cm³/mol. The van der Waals surface area contributed by atoms with Gasteiger partial charge in [0.2, 0.25) is 6.20 Å². The Morgan fingerprint density at radius 3 is 1.22 bits per heavy atom. The van der Waals surface area contributed by atoms with Gasteiger partial charge in [0, 0.05) is 169 Å². The molecule has 0 radical (unpaired) electrons. The van der Waals surface area contributed by atoms with Crippen LogP contribution in [0.4, 0.5) is 42.3 Å². The van der Waals surface area contributed by atoms with Gasteiger partial charge in [-0.25, -0.2) is 24.9 Å². The van der Waals surface area contributed by atoms with E-state index in [1.807, 2.05) is 129 Å². The second-order valence-corrected chi connectivity index (χ2v) is 38.8. The van der Waals surface area contributed by atoms with Crippen LogP contribution >= 0.6 is 79.6 Å². The predicted octanol–water partition coefficient (Wildman–Crippen LogP) is 20.9. The third-order valence-corrected chi connectivity index (χ3v) is 27.4. The number of halogens is 8. The average molecular weight is 2140 g/mol. The van der Waals surface area contributed by atoms with Crippen LogP contribution in [0.2, 0.25) is 0 Å². The Morgan fingerprint density at radius 1 is 0.425 bits per heavy atom. The lowest BCUT2D eigenvalue weighted by Gasteiger charge is -2.39. The van der Waals surface area contributed by atoms with Crippen LogP contribution in [-0.4, -0.2) is 128 Å². The molecule has 4 aliphatic carbocycles. The minimum atomic E-state index is -4.49. The second kappa shape index (κ2) is 44.8. The molecule has 0 spiro atoms. The van der Waals surface area contributed by atoms with Crippen LogP contribution in [0, 0.1) is 17.0 Å². The number of aliphatic hydroxyl groups is 2. The minimum absolute atomic E-state index is 0.198. The van der Waals surface area contributed by atoms with Crippen molar-refractivity contribution in [2.24, 2.45) is 11.8 Å². The van der Waals surface area contributed by atoms with E-state index in [1.165, 1.54) is 108 Å². The van der Waals surface area contributed by atoms with Gasteiger partial charge in [0.25, 0.3) is 0 Å². The number of benzene rings is 1. The van der Waals surface area contributed by atoms with Crippen molar-refractivity contribution in [2.45, 2.75) is 198 Å². The smallest absolute Gasteiger partial charge is 0.422 e. The first-order valence-electron chi connectivity index (χ1n) is 45.1. The summed E-state index contributed by atoms with van der Waals surface area (Å²) in [6.45, 7) is 5.44. The van der Waals surface area contributed by atoms with Crippen molar-refractivity contribution in [3.05, 3.63) is 286 Å². The summed E-state index contributed by atoms with van der Waals surface area (Å²) >= 11 is 17.7. The Morgan fingerprint density at radius 2 is 0.806 bits per heavy atom. The van der Waals surface area contributed by atoms with Crippen LogP contribution in [0.25, 0.3) is 39.5 Å². The van der Waals surface area contributed by atoms with Gasteiger partial charge in [-0.05, 0) is 204 Å². The summed E-state index contributed by atoms with van der Waals surface area (Å²) < 4.78 is 56.1. The molecule has 20 rings (SSSR count). The molecule has 0 bridgehead atoms. The fourth-order valence-corrected chi connectivity index (χ4v) is 19.6. The maximum Gasteiger partial charge on any atom is 0.422 e. The molecular formula is C96H104Br5F3N25O5+. The molecule has 16 aromatic rings. The van der Waals surface area contributed by atoms with Gasteiger partial charge in [-0.1, -0.05) is 113 Å². The quantitative estimate of drug-likeness (QED) is 0.0158. The maximum atomic E-state index is 12.3. The number of fused-ring (bicyclic) bond motifs is 5. The van der Waals surface area contributed by atoms with Gasteiger partial charge in [-0.2, -0.15) is 66.0 Å². The van der Waals surface area contributed by atoms with Crippen LogP contribution in [0.5, 0.6) is 5.88 Å². The molecule has 8 N–H and O–H groups in total. The van der Waals surface area contributed by atoms with Crippen molar-refractivity contribution in [1.82, 2.24) is 87.9 Å². The minimum Gasteiger partial charge on any atom is -0.619 e. The van der Waals surface area contributed by atoms with Gasteiger partial charge < -0.3 is 46.7 Å². The van der Waals surface area contributed by atoms with E-state index in [1.54, 1.807) is 66.2 Å². The van der Waals surface area contributed by atoms with E-state index in [9.17, 15) is 33.8 Å². The molecule has 134 heavy (non-hydrogen) atoms. The molecule has 15 aromatic heterocycles. The van der Waals surface area contributed by atoms with Crippen molar-refractivity contribution in [2.75, 3.05) is 39.8 Å². The van der Waals surface area contributed by atoms with E-state index in [-0.39, 0.29) is 36.8 Å². The number of alkyl halides is 3. The highest BCUT2D eigenvalue weighted by Crippen LogP contribution is 2.45. The molecule has 0 saturated heterocycles. The largest absolute Gasteiger partial charge is 0.619 e. The van der Waals surface area contributed by atoms with Gasteiger partial charge in [0.05, 0.1) is 82.1 Å². The van der Waals surface area contributed by atoms with Gasteiger partial charge >= 0.3 is 12.1 Å². The average Bonchev–Trinajstić information content (AvgIpc) is 1.83. The lowest BCUT2D eigenvalue weighted by atomic mass is 9.70. The van der Waals surface area contributed by atoms with Crippen molar-refractivity contribution < 1.29 is 42.8 Å². The molecule has 1 unspecified atom stereocenters. The number of pyridine rings is 5. The lowest BCUT2D eigenvalue weighted by Crippen LogP contribution is -2.37. The SMILES string of the molecule is Brc1cnn2c(NCc3cccnc3)cc(C3CCCCC3)nc12.CC(C)(O)[C@H]1CCCCC1c1cc(NCc2cccnc2)n2ncc(Br)c2n1.OC[C@H]1CCCC[C@H]1c1cc(NCc2cccnc2)n2ncc(Br)c2n1.O[n+]1cc(CNc2cc(-c3ccccc3)nc3c(Br)cnn23)ccc1OCC(F)(F)F.[O-][n+]1cccc(CNc2cc(C3CCCCC3)nc3c(Br)cnn23)c1. The van der Waals surface area contributed by atoms with Crippen molar-refractivity contribution >= 4 is 137 Å². The number of nitrogens with zero attached hydrogens (tertiary/aromatic N) is 20. The van der Waals surface area contributed by atoms with E-state index in [0.717, 1.165) is 156 Å². The third-order valence-electron chi connectivity index (χ3n) is 24.6. The van der Waals surface area contributed by atoms with Crippen LogP contribution in [0.3, 0.4) is 0 Å². The Balaban J connectivity index is 0.000000122. The van der Waals surface area contributed by atoms with Crippen molar-refractivity contribution in [3.63, 3.8) is 0 Å². The standard InChI is InChI=1S/C21H26BrN5O.C20H16BrF3N5O2.C19H22BrN5O.C18H20BrN5O.C18H20BrN5/c1-21(2,28)16-8-4-3-7-15(16)18-10-19(24-12-14-6-5-9-23-11-14)27-20(26-18)17(22)13-25-27;21-15-10-26-29-17(8-16(27-19(15)29)14-4-2-1-3-5-14)25-9-13-6-7-18(28(30)11-13)31-12-20(22,23)24;20-16-11-23-25-18(22-10-13-4-3-7-21-9-13)8-17(24-19(16)25)15-6-2-1-5-14(15)12-26;19-15-11-21-24-17(20-10-13-5-4-8-23(25)12-13)9-16(22-18(15)24)14-6-2-1-3-7-14;19-15-12-22-24-17(21-11-13-5-4-8-20-10-13)9-16(23-18(15)24)14-6-2-1-3-7-14/h5-6,9-11,13,15-16,24,28H,3-4,7-8,12H2,1-2H3;1-8,10-11,25,30H,9,12H2;3-4,7-9,11,14-15,22,26H,1-2,5-6,10,12H2;4-5,8-9,11-12,14,20H,1-3,6-7,10H2;4-5,8-10,12,14,21H,1-3,6-7,11H2/q;+1;;;/t15?,16-;;14-,15-;;/m0.1../s1. The number of hydrogen-bond donors (Lipinski definition) is 8. The maximum absolute atomic E-state index is 12.3. The first-order valence-corrected chi connectivity index (χ1v) is 49.0. The van der Waals surface area contributed by atoms with Crippen molar-refractivity contribution in [3.8, 4) is 17.1 Å². The van der Waals surface area contributed by atoms with Crippen LogP contribution < -0.4 is 40.8 Å².